The Morgan fingerprint density at radius 1 is 1.47 bits per heavy atom. The third-order valence-corrected chi connectivity index (χ3v) is 3.86. The lowest BCUT2D eigenvalue weighted by Gasteiger charge is -2.09. The van der Waals surface area contributed by atoms with Crippen LogP contribution in [0.4, 0.5) is 10.1 Å². The lowest BCUT2D eigenvalue weighted by atomic mass is 10.1. The largest absolute Gasteiger partial charge is 0.294 e. The van der Waals surface area contributed by atoms with E-state index in [0.29, 0.717) is 0 Å². The van der Waals surface area contributed by atoms with E-state index in [1.807, 2.05) is 0 Å². The molecular formula is C12H16FN2O3S+. The molecule has 0 radical (unpaired) electrons. The molecule has 104 valence electrons. The van der Waals surface area contributed by atoms with Crippen molar-refractivity contribution in [2.75, 3.05) is 0 Å². The number of nitrogens with zero attached hydrogens (tertiary/aromatic N) is 2. The first kappa shape index (κ1) is 15.6. The van der Waals surface area contributed by atoms with Crippen molar-refractivity contribution in [2.45, 2.75) is 32.4 Å². The monoisotopic (exact) mass is 287 g/mol. The Balaban J connectivity index is 3.19. The minimum Gasteiger partial charge on any atom is -0.258 e. The molecule has 7 heteroatoms. The van der Waals surface area contributed by atoms with Crippen LogP contribution in [0.2, 0.25) is 0 Å². The maximum atomic E-state index is 13.6. The molecule has 0 heterocycles. The molecule has 1 aromatic carbocycles. The number of rotatable bonds is 3. The van der Waals surface area contributed by atoms with Gasteiger partial charge in [0.1, 0.15) is 11.5 Å². The van der Waals surface area contributed by atoms with E-state index in [-0.39, 0.29) is 17.0 Å². The van der Waals surface area contributed by atoms with E-state index in [4.69, 9.17) is 0 Å². The third-order valence-electron chi connectivity index (χ3n) is 2.32. The van der Waals surface area contributed by atoms with E-state index >= 15 is 0 Å². The predicted molar refractivity (Wildman–Crippen MR) is 75.0 cm³/mol. The van der Waals surface area contributed by atoms with Gasteiger partial charge in [0.2, 0.25) is 0 Å². The molecule has 0 spiro atoms. The maximum Gasteiger partial charge on any atom is 0.294 e. The van der Waals surface area contributed by atoms with Gasteiger partial charge in [-0.1, -0.05) is 0 Å². The zero-order valence-corrected chi connectivity index (χ0v) is 12.0. The molecule has 0 aromatic heterocycles. The van der Waals surface area contributed by atoms with Crippen LogP contribution in [0.5, 0.6) is 0 Å². The Morgan fingerprint density at radius 3 is 2.53 bits per heavy atom. The molecule has 0 saturated heterocycles. The minimum atomic E-state index is -1.29. The van der Waals surface area contributed by atoms with Crippen LogP contribution < -0.4 is 0 Å². The van der Waals surface area contributed by atoms with E-state index in [1.165, 1.54) is 6.92 Å². The number of hydrogen-bond acceptors (Lipinski definition) is 4. The van der Waals surface area contributed by atoms with Crippen molar-refractivity contribution in [3.8, 4) is 0 Å². The van der Waals surface area contributed by atoms with Gasteiger partial charge in [0, 0.05) is 17.7 Å². The van der Waals surface area contributed by atoms with Crippen LogP contribution in [0.25, 0.3) is 0 Å². The van der Waals surface area contributed by atoms with E-state index in [1.54, 1.807) is 20.8 Å². The molecule has 19 heavy (non-hydrogen) atoms. The van der Waals surface area contributed by atoms with Gasteiger partial charge >= 0.3 is 0 Å². The molecule has 0 fully saturated rings. The van der Waals surface area contributed by atoms with Crippen LogP contribution in [-0.2, 0) is 11.4 Å². The highest BCUT2D eigenvalue weighted by atomic mass is 32.2. The SMILES string of the molecule is CC(=N[S+](O)C(C)(C)C)c1cc([N+](=O)[O-])ccc1F. The van der Waals surface area contributed by atoms with Crippen LogP contribution in [-0.4, -0.2) is 19.9 Å². The summed E-state index contributed by atoms with van der Waals surface area (Å²) in [5.41, 5.74) is 0.0616. The van der Waals surface area contributed by atoms with Gasteiger partial charge in [0.15, 0.2) is 4.75 Å². The van der Waals surface area contributed by atoms with E-state index in [2.05, 4.69) is 4.40 Å². The van der Waals surface area contributed by atoms with Crippen molar-refractivity contribution in [3.05, 3.63) is 39.7 Å². The molecule has 1 aromatic rings. The summed E-state index contributed by atoms with van der Waals surface area (Å²) in [6.45, 7) is 6.92. The molecular weight excluding hydrogens is 271 g/mol. The fourth-order valence-corrected chi connectivity index (χ4v) is 1.85. The van der Waals surface area contributed by atoms with E-state index < -0.39 is 26.8 Å². The van der Waals surface area contributed by atoms with E-state index in [0.717, 1.165) is 18.2 Å². The van der Waals surface area contributed by atoms with Crippen LogP contribution in [0, 0.1) is 15.9 Å². The van der Waals surface area contributed by atoms with Crippen molar-refractivity contribution in [2.24, 2.45) is 4.40 Å². The summed E-state index contributed by atoms with van der Waals surface area (Å²) >= 11 is -1.29. The standard InChI is InChI=1S/C12H16FN2O3S/c1-8(14-19(18)12(2,3)4)10-7-9(15(16)17)5-6-11(10)13/h5-7,18H,1-4H3/q+1. The predicted octanol–water partition coefficient (Wildman–Crippen LogP) is 3.35. The van der Waals surface area contributed by atoms with Crippen LogP contribution in [0.1, 0.15) is 33.3 Å². The molecule has 0 aliphatic heterocycles. The quantitative estimate of drug-likeness (QED) is 0.401. The Hall–Kier alpha value is -1.47. The van der Waals surface area contributed by atoms with Crippen molar-refractivity contribution in [3.63, 3.8) is 0 Å². The molecule has 1 N–H and O–H groups in total. The van der Waals surface area contributed by atoms with Crippen LogP contribution >= 0.6 is 0 Å². The number of nitro groups is 1. The van der Waals surface area contributed by atoms with Crippen molar-refractivity contribution < 1.29 is 13.9 Å². The first-order valence-corrected chi connectivity index (χ1v) is 6.70. The van der Waals surface area contributed by atoms with Crippen LogP contribution in [0.3, 0.4) is 0 Å². The number of halogens is 1. The summed E-state index contributed by atoms with van der Waals surface area (Å²) in [5, 5.41) is 10.7. The lowest BCUT2D eigenvalue weighted by Crippen LogP contribution is -2.26. The number of nitro benzene ring substituents is 1. The van der Waals surface area contributed by atoms with Crippen LogP contribution in [0.15, 0.2) is 22.6 Å². The molecule has 0 amide bonds. The average Bonchev–Trinajstić information content (AvgIpc) is 2.27. The number of hydrogen-bond donors (Lipinski definition) is 1. The number of non-ortho nitro benzene ring substituents is 1. The third kappa shape index (κ3) is 4.00. The highest BCUT2D eigenvalue weighted by Crippen LogP contribution is 2.21. The van der Waals surface area contributed by atoms with Gasteiger partial charge in [-0.2, -0.15) is 4.55 Å². The van der Waals surface area contributed by atoms with Gasteiger partial charge in [-0.15, -0.1) is 0 Å². The van der Waals surface area contributed by atoms with E-state index in [9.17, 15) is 19.1 Å². The highest BCUT2D eigenvalue weighted by Gasteiger charge is 2.35. The Kier molecular flexibility index (Phi) is 4.65. The summed E-state index contributed by atoms with van der Waals surface area (Å²) < 4.78 is 27.1. The summed E-state index contributed by atoms with van der Waals surface area (Å²) in [6.07, 6.45) is 0. The molecule has 0 bridgehead atoms. The zero-order chi connectivity index (χ0) is 14.8. The van der Waals surface area contributed by atoms with Crippen molar-refractivity contribution in [1.82, 2.24) is 0 Å². The molecule has 0 aliphatic carbocycles. The fraction of sp³-hybridized carbons (Fsp3) is 0.417. The van der Waals surface area contributed by atoms with Crippen molar-refractivity contribution >= 4 is 22.8 Å². The second-order valence-corrected chi connectivity index (χ2v) is 6.91. The molecule has 1 atom stereocenters. The summed E-state index contributed by atoms with van der Waals surface area (Å²) in [7, 11) is 0. The van der Waals surface area contributed by atoms with Gasteiger partial charge in [0.05, 0.1) is 4.92 Å². The van der Waals surface area contributed by atoms with Gasteiger partial charge < -0.3 is 0 Å². The Morgan fingerprint density at radius 2 is 2.05 bits per heavy atom. The van der Waals surface area contributed by atoms with Gasteiger partial charge in [-0.25, -0.2) is 4.39 Å². The Bertz CT molecular complexity index is 526. The molecule has 1 rings (SSSR count). The summed E-state index contributed by atoms with van der Waals surface area (Å²) in [4.78, 5) is 10.1. The average molecular weight is 287 g/mol. The Labute approximate surface area is 114 Å². The number of benzene rings is 1. The molecule has 1 unspecified atom stereocenters. The first-order chi connectivity index (χ1) is 8.62. The smallest absolute Gasteiger partial charge is 0.258 e. The molecule has 5 nitrogen and oxygen atoms in total. The van der Waals surface area contributed by atoms with Gasteiger partial charge in [0.25, 0.3) is 17.0 Å². The second-order valence-electron chi connectivity index (χ2n) is 4.97. The maximum absolute atomic E-state index is 13.6. The summed E-state index contributed by atoms with van der Waals surface area (Å²) in [6, 6.07) is 3.24. The highest BCUT2D eigenvalue weighted by molar-refractivity contribution is 7.91. The second kappa shape index (κ2) is 5.66. The fourth-order valence-electron chi connectivity index (χ4n) is 1.22. The zero-order valence-electron chi connectivity index (χ0n) is 11.2. The minimum absolute atomic E-state index is 0.0324. The van der Waals surface area contributed by atoms with Gasteiger partial charge in [-0.05, 0) is 38.2 Å². The normalized spacial score (nSPS) is 14.3. The molecule has 0 aliphatic rings. The topological polar surface area (TPSA) is 75.7 Å². The first-order valence-electron chi connectivity index (χ1n) is 5.56. The lowest BCUT2D eigenvalue weighted by molar-refractivity contribution is -0.384. The van der Waals surface area contributed by atoms with Gasteiger partial charge in [-0.3, -0.25) is 10.1 Å². The van der Waals surface area contributed by atoms with Crippen molar-refractivity contribution in [1.29, 1.82) is 0 Å². The summed E-state index contributed by atoms with van der Waals surface area (Å²) in [5.74, 6) is -0.599. The molecule has 0 saturated carbocycles.